The Kier molecular flexibility index (Phi) is 4.44. The molecule has 1 N–H and O–H groups in total. The Bertz CT molecular complexity index is 867. The summed E-state index contributed by atoms with van der Waals surface area (Å²) in [5.74, 6) is -0.494. The van der Waals surface area contributed by atoms with Crippen LogP contribution in [0.2, 0.25) is 0 Å². The Hall–Kier alpha value is -2.54. The molecule has 3 aromatic rings. The van der Waals surface area contributed by atoms with Gasteiger partial charge in [-0.15, -0.1) is 11.3 Å². The van der Waals surface area contributed by atoms with E-state index in [1.54, 1.807) is 23.0 Å². The number of aromatic nitrogens is 3. The summed E-state index contributed by atoms with van der Waals surface area (Å²) in [5, 5.41) is 7.68. The first-order valence-electron chi connectivity index (χ1n) is 7.53. The number of thiazole rings is 1. The molecular formula is C17H17FN4OS. The van der Waals surface area contributed by atoms with E-state index in [9.17, 15) is 9.18 Å². The van der Waals surface area contributed by atoms with Crippen LogP contribution in [0, 0.1) is 12.7 Å². The molecule has 0 bridgehead atoms. The fourth-order valence-electron chi connectivity index (χ4n) is 2.45. The molecule has 0 aliphatic carbocycles. The monoisotopic (exact) mass is 344 g/mol. The van der Waals surface area contributed by atoms with Gasteiger partial charge in [0.25, 0.3) is 5.91 Å². The van der Waals surface area contributed by atoms with E-state index in [0.29, 0.717) is 16.4 Å². The van der Waals surface area contributed by atoms with Gasteiger partial charge < -0.3 is 0 Å². The highest BCUT2D eigenvalue weighted by atomic mass is 32.1. The Labute approximate surface area is 143 Å². The minimum atomic E-state index is -0.311. The van der Waals surface area contributed by atoms with Crippen molar-refractivity contribution in [1.29, 1.82) is 0 Å². The van der Waals surface area contributed by atoms with E-state index >= 15 is 0 Å². The number of amides is 1. The molecule has 7 heteroatoms. The quantitative estimate of drug-likeness (QED) is 0.773. The molecule has 24 heavy (non-hydrogen) atoms. The van der Waals surface area contributed by atoms with E-state index in [1.807, 2.05) is 20.8 Å². The molecule has 0 spiro atoms. The molecule has 3 rings (SSSR count). The van der Waals surface area contributed by atoms with Crippen LogP contribution in [0.5, 0.6) is 0 Å². The van der Waals surface area contributed by atoms with Crippen molar-refractivity contribution in [1.82, 2.24) is 14.8 Å². The lowest BCUT2D eigenvalue weighted by atomic mass is 10.1. The van der Waals surface area contributed by atoms with E-state index in [0.717, 1.165) is 10.6 Å². The molecule has 2 aromatic heterocycles. The minimum Gasteiger partial charge on any atom is -0.298 e. The van der Waals surface area contributed by atoms with Crippen LogP contribution in [0.3, 0.4) is 0 Å². The van der Waals surface area contributed by atoms with Crippen molar-refractivity contribution < 1.29 is 9.18 Å². The topological polar surface area (TPSA) is 59.8 Å². The van der Waals surface area contributed by atoms with Crippen molar-refractivity contribution in [2.45, 2.75) is 26.7 Å². The lowest BCUT2D eigenvalue weighted by Crippen LogP contribution is -2.15. The molecule has 0 unspecified atom stereocenters. The number of hydrogen-bond donors (Lipinski definition) is 1. The van der Waals surface area contributed by atoms with Crippen LogP contribution in [0.4, 0.5) is 9.52 Å². The maximum atomic E-state index is 13.1. The maximum Gasteiger partial charge on any atom is 0.260 e. The molecule has 0 fully saturated rings. The van der Waals surface area contributed by atoms with E-state index in [1.165, 1.54) is 29.7 Å². The van der Waals surface area contributed by atoms with Crippen LogP contribution in [0.25, 0.3) is 5.69 Å². The second-order valence-corrected chi connectivity index (χ2v) is 6.95. The lowest BCUT2D eigenvalue weighted by molar-refractivity contribution is 0.102. The van der Waals surface area contributed by atoms with Crippen LogP contribution in [0.1, 0.15) is 40.7 Å². The number of anilines is 1. The Morgan fingerprint density at radius 1 is 1.25 bits per heavy atom. The van der Waals surface area contributed by atoms with E-state index < -0.39 is 0 Å². The summed E-state index contributed by atoms with van der Waals surface area (Å²) in [7, 11) is 0. The first-order chi connectivity index (χ1) is 11.5. The van der Waals surface area contributed by atoms with Crippen molar-refractivity contribution in [3.8, 4) is 5.69 Å². The van der Waals surface area contributed by atoms with Crippen molar-refractivity contribution in [3.05, 3.63) is 58.6 Å². The minimum absolute atomic E-state index is 0.0661. The third-order valence-electron chi connectivity index (χ3n) is 3.51. The van der Waals surface area contributed by atoms with Crippen LogP contribution >= 0.6 is 11.3 Å². The highest BCUT2D eigenvalue weighted by molar-refractivity contribution is 7.15. The largest absolute Gasteiger partial charge is 0.298 e. The van der Waals surface area contributed by atoms with Gasteiger partial charge in [0.15, 0.2) is 5.13 Å². The second kappa shape index (κ2) is 6.52. The Morgan fingerprint density at radius 2 is 1.96 bits per heavy atom. The lowest BCUT2D eigenvalue weighted by Gasteiger charge is -2.12. The summed E-state index contributed by atoms with van der Waals surface area (Å²) in [4.78, 5) is 17.8. The van der Waals surface area contributed by atoms with Gasteiger partial charge in [-0.25, -0.2) is 14.1 Å². The molecule has 2 heterocycles. The Morgan fingerprint density at radius 3 is 2.54 bits per heavy atom. The standard InChI is InChI=1S/C17H17FN4OS/c1-10(2)15-14(16(23)21-17-19-8-11(3)24-17)9-20-22(15)13-6-4-12(18)5-7-13/h4-10H,1-3H3,(H,19,21,23). The summed E-state index contributed by atoms with van der Waals surface area (Å²) in [6.07, 6.45) is 3.25. The van der Waals surface area contributed by atoms with Crippen LogP contribution in [0.15, 0.2) is 36.7 Å². The van der Waals surface area contributed by atoms with Crippen molar-refractivity contribution in [3.63, 3.8) is 0 Å². The molecule has 0 radical (unpaired) electrons. The average molecular weight is 344 g/mol. The maximum absolute atomic E-state index is 13.1. The van der Waals surface area contributed by atoms with Gasteiger partial charge in [-0.3, -0.25) is 10.1 Å². The van der Waals surface area contributed by atoms with Crippen LogP contribution in [-0.2, 0) is 0 Å². The molecule has 1 aromatic carbocycles. The molecule has 0 saturated heterocycles. The molecule has 5 nitrogen and oxygen atoms in total. The van der Waals surface area contributed by atoms with Crippen molar-refractivity contribution >= 4 is 22.4 Å². The van der Waals surface area contributed by atoms with Gasteiger partial charge in [0.2, 0.25) is 0 Å². The van der Waals surface area contributed by atoms with Gasteiger partial charge in [0, 0.05) is 11.1 Å². The van der Waals surface area contributed by atoms with Gasteiger partial charge in [-0.2, -0.15) is 5.10 Å². The number of halogens is 1. The first kappa shape index (κ1) is 16.3. The number of nitrogens with one attached hydrogen (secondary N) is 1. The molecule has 124 valence electrons. The summed E-state index contributed by atoms with van der Waals surface area (Å²) in [6.45, 7) is 5.90. The van der Waals surface area contributed by atoms with E-state index in [2.05, 4.69) is 15.4 Å². The van der Waals surface area contributed by atoms with Gasteiger partial charge in [0.1, 0.15) is 5.82 Å². The van der Waals surface area contributed by atoms with Crippen molar-refractivity contribution in [2.24, 2.45) is 0 Å². The van der Waals surface area contributed by atoms with E-state index in [-0.39, 0.29) is 17.6 Å². The fraction of sp³-hybridized carbons (Fsp3) is 0.235. The number of aryl methyl sites for hydroxylation is 1. The molecular weight excluding hydrogens is 327 g/mol. The van der Waals surface area contributed by atoms with Crippen LogP contribution < -0.4 is 5.32 Å². The number of rotatable bonds is 4. The summed E-state index contributed by atoms with van der Waals surface area (Å²) in [6, 6.07) is 6.03. The zero-order valence-corrected chi connectivity index (χ0v) is 14.4. The normalized spacial score (nSPS) is 11.0. The van der Waals surface area contributed by atoms with Crippen molar-refractivity contribution in [2.75, 3.05) is 5.32 Å². The van der Waals surface area contributed by atoms with Gasteiger partial charge in [0.05, 0.1) is 23.1 Å². The smallest absolute Gasteiger partial charge is 0.260 e. The van der Waals surface area contributed by atoms with E-state index in [4.69, 9.17) is 0 Å². The SMILES string of the molecule is Cc1cnc(NC(=O)c2cnn(-c3ccc(F)cc3)c2C(C)C)s1. The molecule has 0 aliphatic heterocycles. The number of hydrogen-bond acceptors (Lipinski definition) is 4. The Balaban J connectivity index is 1.96. The van der Waals surface area contributed by atoms with Gasteiger partial charge >= 0.3 is 0 Å². The average Bonchev–Trinajstić information content (AvgIpc) is 3.14. The third-order valence-corrected chi connectivity index (χ3v) is 4.34. The highest BCUT2D eigenvalue weighted by Gasteiger charge is 2.21. The summed E-state index contributed by atoms with van der Waals surface area (Å²) < 4.78 is 14.8. The second-order valence-electron chi connectivity index (χ2n) is 5.72. The molecule has 0 saturated carbocycles. The zero-order chi connectivity index (χ0) is 17.3. The molecule has 0 atom stereocenters. The number of benzene rings is 1. The number of carbonyl (C=O) groups is 1. The highest BCUT2D eigenvalue weighted by Crippen LogP contribution is 2.25. The third kappa shape index (κ3) is 3.21. The number of carbonyl (C=O) groups excluding carboxylic acids is 1. The summed E-state index contributed by atoms with van der Waals surface area (Å²) in [5.41, 5.74) is 1.97. The van der Waals surface area contributed by atoms with Gasteiger partial charge in [-0.05, 0) is 37.1 Å². The molecule has 0 aliphatic rings. The van der Waals surface area contributed by atoms with Crippen LogP contribution in [-0.4, -0.2) is 20.7 Å². The summed E-state index contributed by atoms with van der Waals surface area (Å²) >= 11 is 1.42. The predicted molar refractivity (Wildman–Crippen MR) is 92.4 cm³/mol. The zero-order valence-electron chi connectivity index (χ0n) is 13.6. The number of nitrogens with zero attached hydrogens (tertiary/aromatic N) is 3. The van der Waals surface area contributed by atoms with Gasteiger partial charge in [-0.1, -0.05) is 13.8 Å². The predicted octanol–water partition coefficient (Wildman–Crippen LogP) is 4.15. The fourth-order valence-corrected chi connectivity index (χ4v) is 3.11. The first-order valence-corrected chi connectivity index (χ1v) is 8.35. The molecule has 1 amide bonds.